The van der Waals surface area contributed by atoms with Crippen molar-refractivity contribution in [2.24, 2.45) is 5.92 Å². The van der Waals surface area contributed by atoms with E-state index in [1.165, 1.54) is 11.3 Å². The highest BCUT2D eigenvalue weighted by Gasteiger charge is 2.24. The molecule has 3 heterocycles. The standard InChI is InChI=1S/C21H23ClN4O3/c1-14-4-5-16(22)11-17(14)26-9-8-15(13-26)12-23-19(27)6-7-20-24-21(25-29-20)18-3-2-10-28-18/h2-5,10-11,15H,6-9,12-13H2,1H3,(H,23,27). The largest absolute Gasteiger partial charge is 0.461 e. The van der Waals surface area contributed by atoms with Crippen LogP contribution in [0.2, 0.25) is 5.02 Å². The van der Waals surface area contributed by atoms with Crippen LogP contribution in [0.5, 0.6) is 0 Å². The van der Waals surface area contributed by atoms with E-state index < -0.39 is 0 Å². The highest BCUT2D eigenvalue weighted by atomic mass is 35.5. The fraction of sp³-hybridized carbons (Fsp3) is 0.381. The van der Waals surface area contributed by atoms with E-state index in [1.807, 2.05) is 18.2 Å². The Balaban J connectivity index is 1.22. The molecule has 8 heteroatoms. The molecule has 0 spiro atoms. The minimum atomic E-state index is -0.0138. The van der Waals surface area contributed by atoms with E-state index in [0.717, 1.165) is 24.5 Å². The van der Waals surface area contributed by atoms with Gasteiger partial charge in [-0.1, -0.05) is 22.8 Å². The van der Waals surface area contributed by atoms with Crippen molar-refractivity contribution in [1.82, 2.24) is 15.5 Å². The molecule has 7 nitrogen and oxygen atoms in total. The number of furan rings is 1. The quantitative estimate of drug-likeness (QED) is 0.631. The average molecular weight is 415 g/mol. The Morgan fingerprint density at radius 1 is 1.38 bits per heavy atom. The molecule has 1 amide bonds. The van der Waals surface area contributed by atoms with E-state index in [1.54, 1.807) is 18.4 Å². The summed E-state index contributed by atoms with van der Waals surface area (Å²) in [5.74, 6) is 1.78. The molecule has 3 aromatic rings. The summed E-state index contributed by atoms with van der Waals surface area (Å²) in [4.78, 5) is 18.8. The third kappa shape index (κ3) is 4.79. The van der Waals surface area contributed by atoms with Gasteiger partial charge >= 0.3 is 0 Å². The zero-order chi connectivity index (χ0) is 20.2. The lowest BCUT2D eigenvalue weighted by Crippen LogP contribution is -2.31. The van der Waals surface area contributed by atoms with Gasteiger partial charge in [-0.2, -0.15) is 4.98 Å². The van der Waals surface area contributed by atoms with Crippen molar-refractivity contribution in [2.75, 3.05) is 24.5 Å². The van der Waals surface area contributed by atoms with E-state index in [9.17, 15) is 4.79 Å². The van der Waals surface area contributed by atoms with Crippen molar-refractivity contribution in [1.29, 1.82) is 0 Å². The first kappa shape index (κ1) is 19.5. The molecule has 152 valence electrons. The molecule has 2 aromatic heterocycles. The molecule has 1 saturated heterocycles. The number of rotatable bonds is 7. The predicted octanol–water partition coefficient (Wildman–Crippen LogP) is 3.87. The summed E-state index contributed by atoms with van der Waals surface area (Å²) in [5, 5.41) is 7.65. The van der Waals surface area contributed by atoms with Gasteiger partial charge in [0, 0.05) is 43.2 Å². The molecular formula is C21H23ClN4O3. The second-order valence-electron chi connectivity index (χ2n) is 7.32. The molecule has 1 aromatic carbocycles. The molecule has 1 fully saturated rings. The molecule has 1 aliphatic heterocycles. The number of anilines is 1. The van der Waals surface area contributed by atoms with E-state index in [4.69, 9.17) is 20.5 Å². The highest BCUT2D eigenvalue weighted by molar-refractivity contribution is 6.30. The fourth-order valence-corrected chi connectivity index (χ4v) is 3.74. The highest BCUT2D eigenvalue weighted by Crippen LogP contribution is 2.29. The molecule has 0 bridgehead atoms. The summed E-state index contributed by atoms with van der Waals surface area (Å²) in [6.45, 7) is 4.64. The molecule has 0 radical (unpaired) electrons. The lowest BCUT2D eigenvalue weighted by molar-refractivity contribution is -0.121. The molecular weight excluding hydrogens is 392 g/mol. The molecule has 29 heavy (non-hydrogen) atoms. The number of carbonyl (C=O) groups is 1. The Kier molecular flexibility index (Phi) is 5.85. The number of hydrogen-bond acceptors (Lipinski definition) is 6. The van der Waals surface area contributed by atoms with Gasteiger partial charge in [0.15, 0.2) is 5.76 Å². The van der Waals surface area contributed by atoms with Crippen molar-refractivity contribution in [3.8, 4) is 11.6 Å². The van der Waals surface area contributed by atoms with Crippen LogP contribution in [0.25, 0.3) is 11.6 Å². The summed E-state index contributed by atoms with van der Waals surface area (Å²) in [7, 11) is 0. The molecule has 4 rings (SSSR count). The average Bonchev–Trinajstić information content (AvgIpc) is 3.47. The van der Waals surface area contributed by atoms with Gasteiger partial charge in [-0.25, -0.2) is 0 Å². The van der Waals surface area contributed by atoms with Crippen LogP contribution in [0, 0.1) is 12.8 Å². The molecule has 1 atom stereocenters. The normalized spacial score (nSPS) is 16.3. The molecule has 1 N–H and O–H groups in total. The first-order chi connectivity index (χ1) is 14.1. The summed E-state index contributed by atoms with van der Waals surface area (Å²) in [6.07, 6.45) is 3.31. The summed E-state index contributed by atoms with van der Waals surface area (Å²) in [6, 6.07) is 9.49. The summed E-state index contributed by atoms with van der Waals surface area (Å²) >= 11 is 6.14. The van der Waals surface area contributed by atoms with Crippen LogP contribution in [0.1, 0.15) is 24.3 Å². The van der Waals surface area contributed by atoms with E-state index in [0.29, 0.717) is 42.8 Å². The van der Waals surface area contributed by atoms with Crippen molar-refractivity contribution < 1.29 is 13.7 Å². The number of amides is 1. The van der Waals surface area contributed by atoms with E-state index in [-0.39, 0.29) is 5.91 Å². The Morgan fingerprint density at radius 2 is 2.28 bits per heavy atom. The Morgan fingerprint density at radius 3 is 3.10 bits per heavy atom. The van der Waals surface area contributed by atoms with Gasteiger partial charge in [0.1, 0.15) is 0 Å². The van der Waals surface area contributed by atoms with E-state index >= 15 is 0 Å². The lowest BCUT2D eigenvalue weighted by atomic mass is 10.1. The van der Waals surface area contributed by atoms with Crippen LogP contribution in [-0.2, 0) is 11.2 Å². The minimum Gasteiger partial charge on any atom is -0.461 e. The Labute approximate surface area is 174 Å². The van der Waals surface area contributed by atoms with Gasteiger partial charge in [0.05, 0.1) is 6.26 Å². The number of nitrogens with one attached hydrogen (secondary N) is 1. The first-order valence-corrected chi connectivity index (χ1v) is 10.1. The van der Waals surface area contributed by atoms with Crippen molar-refractivity contribution in [3.05, 3.63) is 53.1 Å². The van der Waals surface area contributed by atoms with Gasteiger partial charge in [-0.05, 0) is 49.1 Å². The molecule has 0 aliphatic carbocycles. The van der Waals surface area contributed by atoms with E-state index in [2.05, 4.69) is 27.3 Å². The predicted molar refractivity (Wildman–Crippen MR) is 110 cm³/mol. The van der Waals surface area contributed by atoms with Gasteiger partial charge < -0.3 is 19.2 Å². The van der Waals surface area contributed by atoms with Crippen molar-refractivity contribution >= 4 is 23.2 Å². The van der Waals surface area contributed by atoms with Crippen LogP contribution in [0.3, 0.4) is 0 Å². The molecule has 1 unspecified atom stereocenters. The second kappa shape index (κ2) is 8.69. The number of halogens is 1. The number of aromatic nitrogens is 2. The van der Waals surface area contributed by atoms with Crippen LogP contribution >= 0.6 is 11.6 Å². The van der Waals surface area contributed by atoms with Gasteiger partial charge in [-0.15, -0.1) is 0 Å². The Hall–Kier alpha value is -2.80. The Bertz CT molecular complexity index is 970. The van der Waals surface area contributed by atoms with Gasteiger partial charge in [0.25, 0.3) is 0 Å². The maximum Gasteiger partial charge on any atom is 0.238 e. The number of hydrogen-bond donors (Lipinski definition) is 1. The first-order valence-electron chi connectivity index (χ1n) is 9.73. The van der Waals surface area contributed by atoms with Gasteiger partial charge in [0.2, 0.25) is 17.6 Å². The second-order valence-corrected chi connectivity index (χ2v) is 7.76. The zero-order valence-electron chi connectivity index (χ0n) is 16.2. The van der Waals surface area contributed by atoms with Crippen molar-refractivity contribution in [3.63, 3.8) is 0 Å². The maximum absolute atomic E-state index is 12.2. The van der Waals surface area contributed by atoms with Crippen LogP contribution in [0.15, 0.2) is 45.5 Å². The number of benzene rings is 1. The van der Waals surface area contributed by atoms with Gasteiger partial charge in [-0.3, -0.25) is 4.79 Å². The number of carbonyl (C=O) groups excluding carboxylic acids is 1. The zero-order valence-corrected chi connectivity index (χ0v) is 17.0. The molecule has 1 aliphatic rings. The maximum atomic E-state index is 12.2. The smallest absolute Gasteiger partial charge is 0.238 e. The summed E-state index contributed by atoms with van der Waals surface area (Å²) < 4.78 is 10.4. The van der Waals surface area contributed by atoms with Crippen LogP contribution in [-0.4, -0.2) is 35.7 Å². The SMILES string of the molecule is Cc1ccc(Cl)cc1N1CCC(CNC(=O)CCc2nc(-c3ccco3)no2)C1. The summed E-state index contributed by atoms with van der Waals surface area (Å²) in [5.41, 5.74) is 2.39. The van der Waals surface area contributed by atoms with Crippen molar-refractivity contribution in [2.45, 2.75) is 26.2 Å². The fourth-order valence-electron chi connectivity index (χ4n) is 3.57. The third-order valence-corrected chi connectivity index (χ3v) is 5.40. The van der Waals surface area contributed by atoms with Crippen LogP contribution < -0.4 is 10.2 Å². The molecule has 0 saturated carbocycles. The number of nitrogens with zero attached hydrogens (tertiary/aromatic N) is 3. The minimum absolute atomic E-state index is 0.0138. The topological polar surface area (TPSA) is 84.4 Å². The lowest BCUT2D eigenvalue weighted by Gasteiger charge is -2.21. The monoisotopic (exact) mass is 414 g/mol. The number of aryl methyl sites for hydroxylation is 2. The van der Waals surface area contributed by atoms with Crippen LogP contribution in [0.4, 0.5) is 5.69 Å². The third-order valence-electron chi connectivity index (χ3n) is 5.16.